The van der Waals surface area contributed by atoms with E-state index in [0.29, 0.717) is 17.7 Å². The van der Waals surface area contributed by atoms with Gasteiger partial charge in [-0.05, 0) is 17.7 Å². The van der Waals surface area contributed by atoms with Crippen molar-refractivity contribution in [3.05, 3.63) is 65.0 Å². The molecule has 112 valence electrons. The van der Waals surface area contributed by atoms with Gasteiger partial charge in [0.25, 0.3) is 0 Å². The lowest BCUT2D eigenvalue weighted by Gasteiger charge is -2.10. The minimum atomic E-state index is -4.43. The number of hydrogen-bond donors (Lipinski definition) is 1. The number of alkyl halides is 3. The van der Waals surface area contributed by atoms with Crippen molar-refractivity contribution in [2.75, 3.05) is 5.32 Å². The molecule has 1 nitrogen and oxygen atoms in total. The Morgan fingerprint density at radius 3 is 1.95 bits per heavy atom. The molecule has 0 fully saturated rings. The third-order valence-electron chi connectivity index (χ3n) is 2.77. The van der Waals surface area contributed by atoms with E-state index in [1.807, 2.05) is 0 Å². The van der Waals surface area contributed by atoms with Crippen LogP contribution in [-0.2, 0) is 12.7 Å². The standard InChI is InChI=1S/C14H9F6N/c15-10-5-12(17)13(6-11(10)16)21-7-8-1-3-9(4-2-8)14(18,19)20/h1-6,21H,7H2. The lowest BCUT2D eigenvalue weighted by atomic mass is 10.1. The van der Waals surface area contributed by atoms with Crippen LogP contribution < -0.4 is 5.32 Å². The van der Waals surface area contributed by atoms with E-state index >= 15 is 0 Å². The third-order valence-corrected chi connectivity index (χ3v) is 2.77. The Morgan fingerprint density at radius 2 is 1.38 bits per heavy atom. The SMILES string of the molecule is Fc1cc(F)c(NCc2ccc(C(F)(F)F)cc2)cc1F. The average Bonchev–Trinajstić information content (AvgIpc) is 2.41. The predicted octanol–water partition coefficient (Wildman–Crippen LogP) is 4.73. The molecule has 21 heavy (non-hydrogen) atoms. The highest BCUT2D eigenvalue weighted by Crippen LogP contribution is 2.29. The minimum Gasteiger partial charge on any atom is -0.379 e. The summed E-state index contributed by atoms with van der Waals surface area (Å²) in [4.78, 5) is 0. The molecular weight excluding hydrogens is 296 g/mol. The van der Waals surface area contributed by atoms with E-state index in [-0.39, 0.29) is 12.2 Å². The van der Waals surface area contributed by atoms with Crippen LogP contribution in [0.4, 0.5) is 32.0 Å². The van der Waals surface area contributed by atoms with Crippen LogP contribution in [0, 0.1) is 17.5 Å². The summed E-state index contributed by atoms with van der Waals surface area (Å²) in [7, 11) is 0. The maximum Gasteiger partial charge on any atom is 0.416 e. The molecule has 2 aromatic carbocycles. The highest BCUT2D eigenvalue weighted by molar-refractivity contribution is 5.46. The molecule has 0 atom stereocenters. The van der Waals surface area contributed by atoms with Gasteiger partial charge in [0, 0.05) is 18.7 Å². The van der Waals surface area contributed by atoms with Crippen LogP contribution in [0.3, 0.4) is 0 Å². The van der Waals surface area contributed by atoms with Gasteiger partial charge in [0.1, 0.15) is 5.82 Å². The first-order valence-electron chi connectivity index (χ1n) is 5.82. The summed E-state index contributed by atoms with van der Waals surface area (Å²) in [6.45, 7) is -0.0276. The van der Waals surface area contributed by atoms with E-state index in [4.69, 9.17) is 0 Å². The summed E-state index contributed by atoms with van der Waals surface area (Å²) in [5.74, 6) is -3.51. The Morgan fingerprint density at radius 1 is 0.810 bits per heavy atom. The fraction of sp³-hybridized carbons (Fsp3) is 0.143. The zero-order valence-electron chi connectivity index (χ0n) is 10.4. The van der Waals surface area contributed by atoms with Crippen LogP contribution in [0.1, 0.15) is 11.1 Å². The number of benzene rings is 2. The van der Waals surface area contributed by atoms with Crippen molar-refractivity contribution in [1.29, 1.82) is 0 Å². The molecule has 1 N–H and O–H groups in total. The summed E-state index contributed by atoms with van der Waals surface area (Å²) in [5.41, 5.74) is -0.633. The van der Waals surface area contributed by atoms with Crippen LogP contribution in [0.2, 0.25) is 0 Å². The molecule has 0 aliphatic heterocycles. The van der Waals surface area contributed by atoms with Crippen molar-refractivity contribution >= 4 is 5.69 Å². The molecule has 0 saturated heterocycles. The second kappa shape index (κ2) is 5.67. The van der Waals surface area contributed by atoms with E-state index < -0.39 is 29.2 Å². The summed E-state index contributed by atoms with van der Waals surface area (Å²) in [6, 6.07) is 5.25. The van der Waals surface area contributed by atoms with Crippen molar-refractivity contribution in [2.45, 2.75) is 12.7 Å². The Labute approximate surface area is 116 Å². The second-order valence-corrected chi connectivity index (χ2v) is 4.29. The van der Waals surface area contributed by atoms with Crippen molar-refractivity contribution in [2.24, 2.45) is 0 Å². The molecule has 0 aliphatic carbocycles. The average molecular weight is 305 g/mol. The molecule has 0 aliphatic rings. The monoisotopic (exact) mass is 305 g/mol. The first-order chi connectivity index (χ1) is 9.77. The Bertz CT molecular complexity index is 633. The molecule has 0 aromatic heterocycles. The van der Waals surface area contributed by atoms with Gasteiger partial charge in [-0.3, -0.25) is 0 Å². The Balaban J connectivity index is 2.08. The van der Waals surface area contributed by atoms with Crippen molar-refractivity contribution in [3.8, 4) is 0 Å². The topological polar surface area (TPSA) is 12.0 Å². The lowest BCUT2D eigenvalue weighted by Crippen LogP contribution is -2.06. The molecule has 2 aromatic rings. The van der Waals surface area contributed by atoms with Crippen LogP contribution >= 0.6 is 0 Å². The fourth-order valence-electron chi connectivity index (χ4n) is 1.67. The first kappa shape index (κ1) is 15.2. The molecular formula is C14H9F6N. The maximum atomic E-state index is 13.3. The Hall–Kier alpha value is -2.18. The molecule has 0 heterocycles. The summed E-state index contributed by atoms with van der Waals surface area (Å²) in [5, 5.41) is 2.49. The quantitative estimate of drug-likeness (QED) is 0.638. The van der Waals surface area contributed by atoms with Gasteiger partial charge in [0.05, 0.1) is 11.3 Å². The largest absolute Gasteiger partial charge is 0.416 e. The normalized spacial score (nSPS) is 11.5. The van der Waals surface area contributed by atoms with Crippen molar-refractivity contribution in [1.82, 2.24) is 0 Å². The van der Waals surface area contributed by atoms with Gasteiger partial charge in [-0.2, -0.15) is 13.2 Å². The van der Waals surface area contributed by atoms with E-state index in [0.717, 1.165) is 12.1 Å². The molecule has 0 amide bonds. The van der Waals surface area contributed by atoms with E-state index in [1.165, 1.54) is 12.1 Å². The zero-order valence-corrected chi connectivity index (χ0v) is 10.4. The number of anilines is 1. The van der Waals surface area contributed by atoms with Crippen LogP contribution in [0.5, 0.6) is 0 Å². The van der Waals surface area contributed by atoms with E-state index in [9.17, 15) is 26.3 Å². The Kier molecular flexibility index (Phi) is 4.11. The highest BCUT2D eigenvalue weighted by Gasteiger charge is 2.29. The van der Waals surface area contributed by atoms with Crippen molar-refractivity contribution in [3.63, 3.8) is 0 Å². The lowest BCUT2D eigenvalue weighted by molar-refractivity contribution is -0.137. The third kappa shape index (κ3) is 3.68. The van der Waals surface area contributed by atoms with Gasteiger partial charge >= 0.3 is 6.18 Å². The molecule has 0 unspecified atom stereocenters. The molecule has 2 rings (SSSR count). The number of halogens is 6. The maximum absolute atomic E-state index is 13.3. The second-order valence-electron chi connectivity index (χ2n) is 4.29. The van der Waals surface area contributed by atoms with Gasteiger partial charge in [-0.15, -0.1) is 0 Å². The first-order valence-corrected chi connectivity index (χ1v) is 5.82. The fourth-order valence-corrected chi connectivity index (χ4v) is 1.67. The van der Waals surface area contributed by atoms with E-state index in [2.05, 4.69) is 5.32 Å². The van der Waals surface area contributed by atoms with Gasteiger partial charge < -0.3 is 5.32 Å². The van der Waals surface area contributed by atoms with Gasteiger partial charge in [-0.1, -0.05) is 12.1 Å². The molecule has 7 heteroatoms. The summed E-state index contributed by atoms with van der Waals surface area (Å²) < 4.78 is 76.1. The van der Waals surface area contributed by atoms with Gasteiger partial charge in [0.15, 0.2) is 11.6 Å². The van der Waals surface area contributed by atoms with Crippen LogP contribution in [-0.4, -0.2) is 0 Å². The van der Waals surface area contributed by atoms with Crippen LogP contribution in [0.15, 0.2) is 36.4 Å². The smallest absolute Gasteiger partial charge is 0.379 e. The van der Waals surface area contributed by atoms with Crippen molar-refractivity contribution < 1.29 is 26.3 Å². The highest BCUT2D eigenvalue weighted by atomic mass is 19.4. The van der Waals surface area contributed by atoms with E-state index in [1.54, 1.807) is 0 Å². The minimum absolute atomic E-state index is 0.0276. The number of rotatable bonds is 3. The number of nitrogens with one attached hydrogen (secondary N) is 1. The summed E-state index contributed by atoms with van der Waals surface area (Å²) in [6.07, 6.45) is -4.43. The van der Waals surface area contributed by atoms with Gasteiger partial charge in [0.2, 0.25) is 0 Å². The molecule has 0 bridgehead atoms. The molecule has 0 radical (unpaired) electrons. The molecule has 0 saturated carbocycles. The number of hydrogen-bond acceptors (Lipinski definition) is 1. The summed E-state index contributed by atoms with van der Waals surface area (Å²) >= 11 is 0. The zero-order chi connectivity index (χ0) is 15.6. The van der Waals surface area contributed by atoms with Gasteiger partial charge in [-0.25, -0.2) is 13.2 Å². The predicted molar refractivity (Wildman–Crippen MR) is 65.1 cm³/mol. The molecule has 0 spiro atoms. The van der Waals surface area contributed by atoms with Crippen LogP contribution in [0.25, 0.3) is 0 Å².